The van der Waals surface area contributed by atoms with Crippen LogP contribution in [0.2, 0.25) is 0 Å². The molecule has 0 fully saturated rings. The Morgan fingerprint density at radius 2 is 1.93 bits per heavy atom. The van der Waals surface area contributed by atoms with E-state index in [-0.39, 0.29) is 29.9 Å². The molecule has 150 valence electrons. The number of aromatic nitrogens is 2. The first-order valence-corrected chi connectivity index (χ1v) is 9.03. The lowest BCUT2D eigenvalue weighted by atomic mass is 10.1. The Bertz CT molecular complexity index is 703. The topological polar surface area (TPSA) is 84.6 Å². The Hall–Kier alpha value is -1.84. The molecule has 1 heterocycles. The average molecular weight is 487 g/mol. The highest BCUT2D eigenvalue weighted by Gasteiger charge is 2.09. The smallest absolute Gasteiger partial charge is 0.226 e. The van der Waals surface area contributed by atoms with Gasteiger partial charge in [0.2, 0.25) is 5.89 Å². The van der Waals surface area contributed by atoms with E-state index in [0.29, 0.717) is 5.89 Å². The lowest BCUT2D eigenvalue weighted by Crippen LogP contribution is -2.38. The summed E-state index contributed by atoms with van der Waals surface area (Å²) in [4.78, 5) is 8.63. The van der Waals surface area contributed by atoms with Gasteiger partial charge in [0.25, 0.3) is 0 Å². The van der Waals surface area contributed by atoms with E-state index in [1.807, 2.05) is 18.2 Å². The Morgan fingerprint density at radius 1 is 1.19 bits per heavy atom. The number of guanidine groups is 1. The maximum atomic E-state index is 5.37. The summed E-state index contributed by atoms with van der Waals surface area (Å²) < 4.78 is 10.6. The third-order valence-electron chi connectivity index (χ3n) is 3.96. The van der Waals surface area contributed by atoms with Crippen molar-refractivity contribution in [2.45, 2.75) is 39.0 Å². The molecule has 2 aromatic rings. The van der Waals surface area contributed by atoms with Crippen LogP contribution in [0.25, 0.3) is 0 Å². The van der Waals surface area contributed by atoms with Crippen LogP contribution >= 0.6 is 24.0 Å². The van der Waals surface area contributed by atoms with Crippen LogP contribution in [0.1, 0.15) is 43.5 Å². The van der Waals surface area contributed by atoms with Gasteiger partial charge in [0.1, 0.15) is 5.75 Å². The largest absolute Gasteiger partial charge is 0.496 e. The fourth-order valence-electron chi connectivity index (χ4n) is 2.50. The van der Waals surface area contributed by atoms with Gasteiger partial charge >= 0.3 is 0 Å². The van der Waals surface area contributed by atoms with E-state index in [2.05, 4.69) is 45.7 Å². The Balaban J connectivity index is 0.00000364. The average Bonchev–Trinajstić information content (AvgIpc) is 3.13. The molecular formula is C19H30IN5O2. The zero-order chi connectivity index (χ0) is 18.8. The fraction of sp³-hybridized carbons (Fsp3) is 0.526. The van der Waals surface area contributed by atoms with E-state index in [0.717, 1.165) is 49.9 Å². The monoisotopic (exact) mass is 487 g/mol. The van der Waals surface area contributed by atoms with Gasteiger partial charge in [-0.15, -0.1) is 24.0 Å². The molecule has 0 aliphatic heterocycles. The number of para-hydroxylation sites is 1. The van der Waals surface area contributed by atoms with E-state index in [4.69, 9.17) is 9.26 Å². The number of benzene rings is 1. The number of aryl methyl sites for hydroxylation is 1. The van der Waals surface area contributed by atoms with Crippen LogP contribution in [0.5, 0.6) is 5.75 Å². The molecule has 2 rings (SSSR count). The van der Waals surface area contributed by atoms with E-state index < -0.39 is 0 Å². The molecule has 1 aromatic carbocycles. The molecule has 27 heavy (non-hydrogen) atoms. The summed E-state index contributed by atoms with van der Waals surface area (Å²) in [5.74, 6) is 3.44. The first-order valence-electron chi connectivity index (χ1n) is 9.03. The van der Waals surface area contributed by atoms with Crippen molar-refractivity contribution in [3.8, 4) is 5.75 Å². The summed E-state index contributed by atoms with van der Waals surface area (Å²) in [6, 6.07) is 8.05. The van der Waals surface area contributed by atoms with Gasteiger partial charge in [-0.1, -0.05) is 37.2 Å². The molecule has 0 aliphatic rings. The van der Waals surface area contributed by atoms with Crippen LogP contribution in [0.15, 0.2) is 33.8 Å². The van der Waals surface area contributed by atoms with Gasteiger partial charge in [0, 0.05) is 32.5 Å². The molecule has 0 spiro atoms. The van der Waals surface area contributed by atoms with Crippen molar-refractivity contribution in [3.63, 3.8) is 0 Å². The molecule has 1 aromatic heterocycles. The van der Waals surface area contributed by atoms with Crippen molar-refractivity contribution in [3.05, 3.63) is 41.5 Å². The van der Waals surface area contributed by atoms with Crippen molar-refractivity contribution < 1.29 is 9.26 Å². The minimum atomic E-state index is 0. The molecule has 2 N–H and O–H groups in total. The van der Waals surface area contributed by atoms with Crippen LogP contribution in [0, 0.1) is 0 Å². The van der Waals surface area contributed by atoms with Crippen molar-refractivity contribution in [1.29, 1.82) is 0 Å². The SMILES string of the molecule is CN=C(NCCCc1nc(C(C)C)no1)NCCc1ccccc1OC.I. The van der Waals surface area contributed by atoms with Gasteiger partial charge in [-0.3, -0.25) is 4.99 Å². The number of hydrogen-bond donors (Lipinski definition) is 2. The normalized spacial score (nSPS) is 11.2. The molecule has 0 atom stereocenters. The van der Waals surface area contributed by atoms with E-state index in [1.54, 1.807) is 14.2 Å². The molecule has 0 aliphatic carbocycles. The second-order valence-corrected chi connectivity index (χ2v) is 6.29. The summed E-state index contributed by atoms with van der Waals surface area (Å²) >= 11 is 0. The van der Waals surface area contributed by atoms with E-state index in [1.165, 1.54) is 5.56 Å². The Labute approximate surface area is 178 Å². The first-order chi connectivity index (χ1) is 12.6. The Morgan fingerprint density at radius 3 is 2.59 bits per heavy atom. The quantitative estimate of drug-likeness (QED) is 0.245. The highest BCUT2D eigenvalue weighted by atomic mass is 127. The Kier molecular flexibility index (Phi) is 10.8. The van der Waals surface area contributed by atoms with Gasteiger partial charge in [0.15, 0.2) is 11.8 Å². The van der Waals surface area contributed by atoms with E-state index >= 15 is 0 Å². The molecule has 0 amide bonds. The predicted octanol–water partition coefficient (Wildman–Crippen LogP) is 3.16. The van der Waals surface area contributed by atoms with Crippen molar-refractivity contribution in [2.75, 3.05) is 27.2 Å². The molecule has 0 saturated heterocycles. The van der Waals surface area contributed by atoms with Crippen LogP contribution in [-0.4, -0.2) is 43.3 Å². The molecule has 7 nitrogen and oxygen atoms in total. The first kappa shape index (κ1) is 23.2. The standard InChI is InChI=1S/C19H29N5O2.HI/c1-14(2)18-23-17(26-24-18)10-7-12-21-19(20-3)22-13-11-15-8-5-6-9-16(15)25-4;/h5-6,8-9,14H,7,10-13H2,1-4H3,(H2,20,21,22);1H. The number of ether oxygens (including phenoxy) is 1. The molecule has 0 radical (unpaired) electrons. The maximum absolute atomic E-state index is 5.37. The molecule has 8 heteroatoms. The maximum Gasteiger partial charge on any atom is 0.226 e. The minimum Gasteiger partial charge on any atom is -0.496 e. The lowest BCUT2D eigenvalue weighted by Gasteiger charge is -2.12. The second-order valence-electron chi connectivity index (χ2n) is 6.29. The predicted molar refractivity (Wildman–Crippen MR) is 118 cm³/mol. The minimum absolute atomic E-state index is 0. The zero-order valence-electron chi connectivity index (χ0n) is 16.5. The van der Waals surface area contributed by atoms with Gasteiger partial charge < -0.3 is 19.9 Å². The van der Waals surface area contributed by atoms with Crippen molar-refractivity contribution >= 4 is 29.9 Å². The third-order valence-corrected chi connectivity index (χ3v) is 3.96. The number of rotatable bonds is 9. The van der Waals surface area contributed by atoms with Crippen molar-refractivity contribution in [1.82, 2.24) is 20.8 Å². The molecule has 0 saturated carbocycles. The van der Waals surface area contributed by atoms with Gasteiger partial charge in [-0.05, 0) is 24.5 Å². The third kappa shape index (κ3) is 7.74. The number of aliphatic imine (C=N–C) groups is 1. The summed E-state index contributed by atoms with van der Waals surface area (Å²) in [6.07, 6.45) is 2.52. The number of nitrogens with one attached hydrogen (secondary N) is 2. The van der Waals surface area contributed by atoms with Crippen molar-refractivity contribution in [2.24, 2.45) is 4.99 Å². The summed E-state index contributed by atoms with van der Waals surface area (Å²) in [6.45, 7) is 5.67. The highest BCUT2D eigenvalue weighted by Crippen LogP contribution is 2.17. The van der Waals surface area contributed by atoms with Crippen LogP contribution in [0.3, 0.4) is 0 Å². The number of halogens is 1. The zero-order valence-corrected chi connectivity index (χ0v) is 18.8. The van der Waals surface area contributed by atoms with Gasteiger partial charge in [0.05, 0.1) is 7.11 Å². The summed E-state index contributed by atoms with van der Waals surface area (Å²) in [7, 11) is 3.46. The lowest BCUT2D eigenvalue weighted by molar-refractivity contribution is 0.368. The number of nitrogens with zero attached hydrogens (tertiary/aromatic N) is 3. The van der Waals surface area contributed by atoms with Crippen LogP contribution < -0.4 is 15.4 Å². The van der Waals surface area contributed by atoms with Crippen LogP contribution in [0.4, 0.5) is 0 Å². The fourth-order valence-corrected chi connectivity index (χ4v) is 2.50. The van der Waals surface area contributed by atoms with Crippen LogP contribution in [-0.2, 0) is 12.8 Å². The molecular weight excluding hydrogens is 457 g/mol. The number of hydrogen-bond acceptors (Lipinski definition) is 5. The number of methoxy groups -OCH3 is 1. The molecule has 0 bridgehead atoms. The van der Waals surface area contributed by atoms with Gasteiger partial charge in [-0.25, -0.2) is 0 Å². The highest BCUT2D eigenvalue weighted by molar-refractivity contribution is 14.0. The second kappa shape index (κ2) is 12.5. The van der Waals surface area contributed by atoms with E-state index in [9.17, 15) is 0 Å². The van der Waals surface area contributed by atoms with Gasteiger partial charge in [-0.2, -0.15) is 4.98 Å². The summed E-state index contributed by atoms with van der Waals surface area (Å²) in [5, 5.41) is 10.6. The summed E-state index contributed by atoms with van der Waals surface area (Å²) in [5.41, 5.74) is 1.18. The molecule has 0 unspecified atom stereocenters.